The molecule has 3 atom stereocenters. The van der Waals surface area contributed by atoms with Crippen LogP contribution < -0.4 is 20.7 Å². The molecule has 0 saturated carbocycles. The van der Waals surface area contributed by atoms with Gasteiger partial charge in [-0.1, -0.05) is 69.5 Å². The molecule has 1 heterocycles. The second kappa shape index (κ2) is 21.4. The number of hydrogen-bond acceptors (Lipinski definition) is 10. The number of aliphatic carboxylic acids is 2. The first-order valence-electron chi connectivity index (χ1n) is 17.6. The van der Waals surface area contributed by atoms with Crippen LogP contribution in [0.25, 0.3) is 11.3 Å². The summed E-state index contributed by atoms with van der Waals surface area (Å²) in [4.78, 5) is 91.9. The molecule has 3 unspecified atom stereocenters. The molecule has 1 aromatic heterocycles. The number of hydroxylamine groups is 2. The summed E-state index contributed by atoms with van der Waals surface area (Å²) >= 11 is 0. The van der Waals surface area contributed by atoms with Crippen LogP contribution in [0.3, 0.4) is 0 Å². The van der Waals surface area contributed by atoms with Crippen molar-refractivity contribution in [1.29, 1.82) is 0 Å². The van der Waals surface area contributed by atoms with E-state index in [0.717, 1.165) is 17.9 Å². The van der Waals surface area contributed by atoms with Crippen molar-refractivity contribution >= 4 is 42.0 Å². The van der Waals surface area contributed by atoms with E-state index in [2.05, 4.69) is 16.0 Å². The first-order chi connectivity index (χ1) is 25.9. The third kappa shape index (κ3) is 12.5. The molecular weight excluding hydrogens is 704 g/mol. The minimum atomic E-state index is -1.67. The molecule has 0 fully saturated rings. The van der Waals surface area contributed by atoms with Gasteiger partial charge in [-0.15, -0.1) is 0 Å². The van der Waals surface area contributed by atoms with Crippen LogP contribution in [0.1, 0.15) is 85.8 Å². The monoisotopic (exact) mass is 750 g/mol. The Bertz CT molecular complexity index is 1760. The van der Waals surface area contributed by atoms with Crippen molar-refractivity contribution in [2.45, 2.75) is 77.8 Å². The number of furan rings is 1. The lowest BCUT2D eigenvalue weighted by Gasteiger charge is -2.31. The molecule has 0 aliphatic heterocycles. The van der Waals surface area contributed by atoms with Crippen molar-refractivity contribution < 1.29 is 57.8 Å². The van der Waals surface area contributed by atoms with Gasteiger partial charge in [0.05, 0.1) is 43.6 Å². The van der Waals surface area contributed by atoms with Gasteiger partial charge in [-0.25, -0.2) is 9.59 Å². The first-order valence-corrected chi connectivity index (χ1v) is 17.6. The molecule has 0 spiro atoms. The molecule has 16 heteroatoms. The number of nitrogens with one attached hydrogen (secondary N) is 3. The molecule has 0 bridgehead atoms. The van der Waals surface area contributed by atoms with Gasteiger partial charge in [-0.2, -0.15) is 5.06 Å². The number of ether oxygens (including phenoxy) is 1. The Hall–Kier alpha value is -6.19. The van der Waals surface area contributed by atoms with Gasteiger partial charge >= 0.3 is 17.9 Å². The summed E-state index contributed by atoms with van der Waals surface area (Å²) in [5.74, 6) is -6.09. The fraction of sp³-hybridized carbons (Fsp3) is 0.395. The van der Waals surface area contributed by atoms with Gasteiger partial charge in [0.1, 0.15) is 17.6 Å². The van der Waals surface area contributed by atoms with Gasteiger partial charge in [0.2, 0.25) is 12.3 Å². The van der Waals surface area contributed by atoms with E-state index in [4.69, 9.17) is 19.1 Å². The van der Waals surface area contributed by atoms with Gasteiger partial charge in [-0.3, -0.25) is 24.0 Å². The van der Waals surface area contributed by atoms with Gasteiger partial charge < -0.3 is 40.2 Å². The van der Waals surface area contributed by atoms with Gasteiger partial charge in [0, 0.05) is 5.56 Å². The van der Waals surface area contributed by atoms with E-state index >= 15 is 0 Å². The molecule has 0 aliphatic carbocycles. The number of rotatable bonds is 23. The highest BCUT2D eigenvalue weighted by atomic mass is 16.7. The quantitative estimate of drug-likeness (QED) is 0.0402. The standard InChI is InChI=1S/C38H46N4O12/c1-4-7-9-14-26(29(5-2)42(23-43)54-34(46)19-24-12-10-8-11-13-24)35(47)39-22-40-37(49)31-18-17-30(53-31)25-15-16-27(32(20-25)52-6-3)36(48)41-28(38(50)51)21-33(44)45/h8,10-13,15-18,20,23,26,28-29H,4-7,9,14,19,21-22H2,1-3H3,(H,39,47)(H,40,49)(H,41,48)(H,44,45)(H,50,51). The predicted octanol–water partition coefficient (Wildman–Crippen LogP) is 3.94. The molecule has 0 saturated heterocycles. The number of carboxylic acids is 2. The lowest BCUT2D eigenvalue weighted by Crippen LogP contribution is -2.49. The normalized spacial score (nSPS) is 12.4. The minimum absolute atomic E-state index is 0.0441. The van der Waals surface area contributed by atoms with Gasteiger partial charge in [-0.05, 0) is 49.6 Å². The first kappa shape index (κ1) is 42.2. The van der Waals surface area contributed by atoms with E-state index < -0.39 is 60.1 Å². The number of carboxylic acid groups (broad SMARTS) is 2. The van der Waals surface area contributed by atoms with Crippen molar-refractivity contribution in [3.8, 4) is 17.1 Å². The summed E-state index contributed by atoms with van der Waals surface area (Å²) in [6.07, 6.45) is 2.64. The fourth-order valence-corrected chi connectivity index (χ4v) is 5.63. The van der Waals surface area contributed by atoms with E-state index in [1.807, 2.05) is 13.0 Å². The third-order valence-corrected chi connectivity index (χ3v) is 8.30. The largest absolute Gasteiger partial charge is 0.493 e. The number of carbonyl (C=O) groups is 7. The zero-order valence-electron chi connectivity index (χ0n) is 30.4. The second-order valence-corrected chi connectivity index (χ2v) is 12.2. The van der Waals surface area contributed by atoms with Crippen LogP contribution in [0, 0.1) is 5.92 Å². The Balaban J connectivity index is 1.67. The smallest absolute Gasteiger partial charge is 0.336 e. The number of unbranched alkanes of at least 4 members (excludes halogenated alkanes) is 2. The average Bonchev–Trinajstić information content (AvgIpc) is 3.64. The van der Waals surface area contributed by atoms with Crippen molar-refractivity contribution in [2.24, 2.45) is 5.92 Å². The molecule has 16 nitrogen and oxygen atoms in total. The number of carbonyl (C=O) groups excluding carboxylic acids is 5. The number of benzene rings is 2. The molecule has 54 heavy (non-hydrogen) atoms. The number of nitrogens with zero attached hydrogens (tertiary/aromatic N) is 1. The molecule has 0 aliphatic rings. The van der Waals surface area contributed by atoms with Crippen molar-refractivity contribution in [3.63, 3.8) is 0 Å². The summed E-state index contributed by atoms with van der Waals surface area (Å²) in [5, 5.41) is 26.6. The Morgan fingerprint density at radius 1 is 0.907 bits per heavy atom. The molecule has 3 rings (SSSR count). The maximum Gasteiger partial charge on any atom is 0.336 e. The van der Waals surface area contributed by atoms with E-state index in [9.17, 15) is 38.7 Å². The van der Waals surface area contributed by atoms with E-state index in [1.165, 1.54) is 30.3 Å². The third-order valence-electron chi connectivity index (χ3n) is 8.30. The Kier molecular flexibility index (Phi) is 16.7. The zero-order valence-corrected chi connectivity index (χ0v) is 30.4. The fourth-order valence-electron chi connectivity index (χ4n) is 5.63. The summed E-state index contributed by atoms with van der Waals surface area (Å²) in [5.41, 5.74) is 1.07. The maximum atomic E-state index is 13.5. The van der Waals surface area contributed by atoms with Crippen molar-refractivity contribution in [1.82, 2.24) is 21.0 Å². The van der Waals surface area contributed by atoms with Crippen LogP contribution in [0.2, 0.25) is 0 Å². The summed E-state index contributed by atoms with van der Waals surface area (Å²) in [7, 11) is 0. The van der Waals surface area contributed by atoms with Crippen molar-refractivity contribution in [3.05, 3.63) is 77.6 Å². The minimum Gasteiger partial charge on any atom is -0.493 e. The van der Waals surface area contributed by atoms with E-state index in [-0.39, 0.29) is 42.5 Å². The Morgan fingerprint density at radius 3 is 2.28 bits per heavy atom. The summed E-state index contributed by atoms with van der Waals surface area (Å²) in [6.45, 7) is 5.33. The van der Waals surface area contributed by atoms with E-state index in [1.54, 1.807) is 38.1 Å². The molecule has 4 amide bonds. The summed E-state index contributed by atoms with van der Waals surface area (Å²) in [6, 6.07) is 13.7. The molecule has 290 valence electrons. The van der Waals surface area contributed by atoms with Gasteiger partial charge in [0.15, 0.2) is 5.76 Å². The second-order valence-electron chi connectivity index (χ2n) is 12.2. The van der Waals surface area contributed by atoms with Crippen LogP contribution in [0.4, 0.5) is 0 Å². The predicted molar refractivity (Wildman–Crippen MR) is 193 cm³/mol. The maximum absolute atomic E-state index is 13.5. The van der Waals surface area contributed by atoms with Crippen molar-refractivity contribution in [2.75, 3.05) is 13.3 Å². The summed E-state index contributed by atoms with van der Waals surface area (Å²) < 4.78 is 11.3. The van der Waals surface area contributed by atoms with Crippen LogP contribution in [-0.4, -0.2) is 82.7 Å². The van der Waals surface area contributed by atoms with Crippen LogP contribution in [-0.2, 0) is 35.2 Å². The van der Waals surface area contributed by atoms with Gasteiger partial charge in [0.25, 0.3) is 11.8 Å². The SMILES string of the molecule is CCCCCC(C(=O)NCNC(=O)c1ccc(-c2ccc(C(=O)NC(CC(=O)O)C(=O)O)c(OCC)c2)o1)C(CC)N(C=O)OC(=O)Cc1ccccc1. The average molecular weight is 751 g/mol. The number of hydrogen-bond donors (Lipinski definition) is 5. The highest BCUT2D eigenvalue weighted by Gasteiger charge is 2.33. The zero-order chi connectivity index (χ0) is 39.6. The lowest BCUT2D eigenvalue weighted by molar-refractivity contribution is -0.203. The molecule has 0 radical (unpaired) electrons. The van der Waals surface area contributed by atoms with Crippen LogP contribution in [0.15, 0.2) is 65.1 Å². The molecule has 2 aromatic carbocycles. The highest BCUT2D eigenvalue weighted by molar-refractivity contribution is 6.00. The van der Waals surface area contributed by atoms with Crippen LogP contribution >= 0.6 is 0 Å². The molecular formula is C38H46N4O12. The highest BCUT2D eigenvalue weighted by Crippen LogP contribution is 2.29. The number of amides is 4. The topological polar surface area (TPSA) is 231 Å². The Morgan fingerprint density at radius 2 is 1.65 bits per heavy atom. The molecule has 5 N–H and O–H groups in total. The lowest BCUT2D eigenvalue weighted by atomic mass is 9.90. The van der Waals surface area contributed by atoms with Crippen LogP contribution in [0.5, 0.6) is 5.75 Å². The molecule has 3 aromatic rings. The Labute approximate surface area is 312 Å². The van der Waals surface area contributed by atoms with E-state index in [0.29, 0.717) is 36.8 Å².